The van der Waals surface area contributed by atoms with Crippen molar-refractivity contribution in [2.24, 2.45) is 4.99 Å². The molecule has 0 saturated heterocycles. The molecular weight excluding hydrogens is 304 g/mol. The van der Waals surface area contributed by atoms with Crippen LogP contribution in [0.5, 0.6) is 0 Å². The number of rotatable bonds is 3. The third-order valence-electron chi connectivity index (χ3n) is 3.42. The molecule has 0 radical (unpaired) electrons. The zero-order valence-corrected chi connectivity index (χ0v) is 13.1. The smallest absolute Gasteiger partial charge is 0.155 e. The van der Waals surface area contributed by atoms with Crippen LogP contribution in [-0.2, 0) is 0 Å². The van der Waals surface area contributed by atoms with E-state index < -0.39 is 0 Å². The minimum absolute atomic E-state index is 0.277. The summed E-state index contributed by atoms with van der Waals surface area (Å²) in [6.07, 6.45) is -0.277. The Hall–Kier alpha value is -1.49. The molecule has 5 heteroatoms. The summed E-state index contributed by atoms with van der Waals surface area (Å²) in [6, 6.07) is 15.5. The van der Waals surface area contributed by atoms with Crippen LogP contribution in [0.15, 0.2) is 58.4 Å². The molecule has 1 heterocycles. The van der Waals surface area contributed by atoms with E-state index in [1.165, 1.54) is 5.06 Å². The molecule has 0 bridgehead atoms. The quantitative estimate of drug-likeness (QED) is 0.884. The van der Waals surface area contributed by atoms with Crippen LogP contribution in [0.2, 0.25) is 5.02 Å². The Labute approximate surface area is 132 Å². The fourth-order valence-electron chi connectivity index (χ4n) is 2.26. The zero-order chi connectivity index (χ0) is 14.8. The molecule has 3 nitrogen and oxygen atoms in total. The summed E-state index contributed by atoms with van der Waals surface area (Å²) in [7, 11) is 0. The molecule has 1 aliphatic heterocycles. The minimum Gasteiger partial charge on any atom is -0.287 e. The van der Waals surface area contributed by atoms with E-state index in [9.17, 15) is 5.21 Å². The lowest BCUT2D eigenvalue weighted by molar-refractivity contribution is -0.0615. The molecule has 2 aromatic carbocycles. The molecule has 0 spiro atoms. The van der Waals surface area contributed by atoms with Gasteiger partial charge in [-0.1, -0.05) is 29.8 Å². The second-order valence-corrected chi connectivity index (χ2v) is 6.35. The largest absolute Gasteiger partial charge is 0.287 e. The van der Waals surface area contributed by atoms with E-state index in [0.717, 1.165) is 26.2 Å². The van der Waals surface area contributed by atoms with Crippen molar-refractivity contribution in [1.29, 1.82) is 0 Å². The van der Waals surface area contributed by atoms with Crippen molar-refractivity contribution in [2.75, 3.05) is 5.75 Å². The minimum atomic E-state index is -0.277. The van der Waals surface area contributed by atoms with Gasteiger partial charge in [0.2, 0.25) is 0 Å². The van der Waals surface area contributed by atoms with Gasteiger partial charge in [-0.25, -0.2) is 5.06 Å². The lowest BCUT2D eigenvalue weighted by Gasteiger charge is -2.27. The highest BCUT2D eigenvalue weighted by Gasteiger charge is 2.20. The molecule has 1 unspecified atom stereocenters. The van der Waals surface area contributed by atoms with Crippen LogP contribution in [0.25, 0.3) is 5.70 Å². The number of hydrogen-bond donors (Lipinski definition) is 1. The van der Waals surface area contributed by atoms with Crippen LogP contribution < -0.4 is 10.6 Å². The van der Waals surface area contributed by atoms with Gasteiger partial charge < -0.3 is 0 Å². The number of nitrogens with zero attached hydrogens (tertiary/aromatic N) is 2. The molecule has 1 aliphatic rings. The SMILES string of the molecule is CC1=c2ccccc2=NC(CSc2ccc(Cl)cc2)N1O. The van der Waals surface area contributed by atoms with Crippen LogP contribution in [-0.4, -0.2) is 22.2 Å². The van der Waals surface area contributed by atoms with E-state index in [-0.39, 0.29) is 6.17 Å². The van der Waals surface area contributed by atoms with E-state index in [1.807, 2.05) is 55.5 Å². The second kappa shape index (κ2) is 6.10. The molecule has 0 aliphatic carbocycles. The molecule has 0 amide bonds. The molecule has 2 aromatic rings. The summed E-state index contributed by atoms with van der Waals surface area (Å²) < 4.78 is 0. The van der Waals surface area contributed by atoms with Gasteiger partial charge in [-0.3, -0.25) is 10.2 Å². The summed E-state index contributed by atoms with van der Waals surface area (Å²) in [5.41, 5.74) is 0.835. The number of fused-ring (bicyclic) bond motifs is 1. The molecule has 3 rings (SSSR count). The Balaban J connectivity index is 1.81. The number of benzene rings is 2. The van der Waals surface area contributed by atoms with Gasteiger partial charge in [0, 0.05) is 26.6 Å². The summed E-state index contributed by atoms with van der Waals surface area (Å²) in [4.78, 5) is 5.73. The van der Waals surface area contributed by atoms with Crippen LogP contribution in [0.1, 0.15) is 6.92 Å². The Morgan fingerprint density at radius 2 is 1.90 bits per heavy atom. The Morgan fingerprint density at radius 3 is 2.67 bits per heavy atom. The van der Waals surface area contributed by atoms with E-state index in [4.69, 9.17) is 11.6 Å². The molecular formula is C16H15ClN2OS. The van der Waals surface area contributed by atoms with Crippen LogP contribution in [0.4, 0.5) is 0 Å². The number of halogens is 1. The van der Waals surface area contributed by atoms with Gasteiger partial charge in [-0.15, -0.1) is 11.8 Å². The fourth-order valence-corrected chi connectivity index (χ4v) is 3.28. The molecule has 21 heavy (non-hydrogen) atoms. The highest BCUT2D eigenvalue weighted by atomic mass is 35.5. The standard InChI is InChI=1S/C16H15ClN2OS/c1-11-14-4-2-3-5-15(14)18-16(19(11)20)10-21-13-8-6-12(17)7-9-13/h2-9,16,20H,10H2,1H3. The maximum Gasteiger partial charge on any atom is 0.155 e. The van der Waals surface area contributed by atoms with Crippen molar-refractivity contribution in [1.82, 2.24) is 5.06 Å². The summed E-state index contributed by atoms with van der Waals surface area (Å²) in [6.45, 7) is 1.91. The van der Waals surface area contributed by atoms with Crippen LogP contribution in [0.3, 0.4) is 0 Å². The average molecular weight is 319 g/mol. The van der Waals surface area contributed by atoms with Gasteiger partial charge in [-0.2, -0.15) is 0 Å². The third-order valence-corrected chi connectivity index (χ3v) is 4.74. The first-order valence-electron chi connectivity index (χ1n) is 6.65. The van der Waals surface area contributed by atoms with E-state index >= 15 is 0 Å². The predicted molar refractivity (Wildman–Crippen MR) is 85.9 cm³/mol. The van der Waals surface area contributed by atoms with Crippen molar-refractivity contribution in [2.45, 2.75) is 18.0 Å². The van der Waals surface area contributed by atoms with Gasteiger partial charge in [0.1, 0.15) is 0 Å². The number of hydrogen-bond acceptors (Lipinski definition) is 4. The van der Waals surface area contributed by atoms with E-state index in [2.05, 4.69) is 4.99 Å². The molecule has 0 aromatic heterocycles. The van der Waals surface area contributed by atoms with Crippen molar-refractivity contribution in [3.63, 3.8) is 0 Å². The topological polar surface area (TPSA) is 35.8 Å². The van der Waals surface area contributed by atoms with Gasteiger partial charge in [0.15, 0.2) is 6.17 Å². The van der Waals surface area contributed by atoms with Gasteiger partial charge >= 0.3 is 0 Å². The van der Waals surface area contributed by atoms with Gasteiger partial charge in [0.05, 0.1) is 5.36 Å². The Bertz CT molecular complexity index is 761. The molecule has 1 atom stereocenters. The van der Waals surface area contributed by atoms with Crippen molar-refractivity contribution in [3.8, 4) is 0 Å². The molecule has 1 N–H and O–H groups in total. The first-order valence-corrected chi connectivity index (χ1v) is 8.02. The van der Waals surface area contributed by atoms with Crippen LogP contribution >= 0.6 is 23.4 Å². The number of para-hydroxylation sites is 1. The van der Waals surface area contributed by atoms with E-state index in [1.54, 1.807) is 11.8 Å². The molecule has 108 valence electrons. The Kier molecular flexibility index (Phi) is 4.19. The fraction of sp³-hybridized carbons (Fsp3) is 0.188. The number of hydroxylamine groups is 2. The summed E-state index contributed by atoms with van der Waals surface area (Å²) in [5.74, 6) is 0.670. The van der Waals surface area contributed by atoms with Crippen LogP contribution in [0, 0.1) is 0 Å². The van der Waals surface area contributed by atoms with Crippen molar-refractivity contribution < 1.29 is 5.21 Å². The lowest BCUT2D eigenvalue weighted by atomic mass is 10.2. The molecule has 0 saturated carbocycles. The predicted octanol–water partition coefficient (Wildman–Crippen LogP) is 2.91. The summed E-state index contributed by atoms with van der Waals surface area (Å²) >= 11 is 7.53. The van der Waals surface area contributed by atoms with Gasteiger partial charge in [-0.05, 0) is 37.3 Å². The maximum atomic E-state index is 10.3. The Morgan fingerprint density at radius 1 is 1.19 bits per heavy atom. The average Bonchev–Trinajstić information content (AvgIpc) is 2.51. The van der Waals surface area contributed by atoms with Crippen molar-refractivity contribution in [3.05, 3.63) is 64.1 Å². The van der Waals surface area contributed by atoms with Crippen molar-refractivity contribution >= 4 is 29.1 Å². The molecule has 0 fully saturated rings. The van der Waals surface area contributed by atoms with E-state index in [0.29, 0.717) is 5.75 Å². The normalized spacial score (nSPS) is 17.4. The zero-order valence-electron chi connectivity index (χ0n) is 11.5. The maximum absolute atomic E-state index is 10.3. The number of thioether (sulfide) groups is 1. The highest BCUT2D eigenvalue weighted by Crippen LogP contribution is 2.23. The first-order chi connectivity index (χ1) is 10.1. The first kappa shape index (κ1) is 14.4. The highest BCUT2D eigenvalue weighted by molar-refractivity contribution is 7.99. The lowest BCUT2D eigenvalue weighted by Crippen LogP contribution is -2.44. The van der Waals surface area contributed by atoms with Gasteiger partial charge in [0.25, 0.3) is 0 Å². The third kappa shape index (κ3) is 3.07. The second-order valence-electron chi connectivity index (χ2n) is 4.82. The summed E-state index contributed by atoms with van der Waals surface area (Å²) in [5, 5.41) is 14.2. The monoisotopic (exact) mass is 318 g/mol.